The summed E-state index contributed by atoms with van der Waals surface area (Å²) < 4.78 is 25.2. The van der Waals surface area contributed by atoms with Gasteiger partial charge in [0.05, 0.1) is 0 Å². The summed E-state index contributed by atoms with van der Waals surface area (Å²) in [5, 5.41) is 0. The van der Waals surface area contributed by atoms with Crippen LogP contribution in [0.3, 0.4) is 0 Å². The summed E-state index contributed by atoms with van der Waals surface area (Å²) >= 11 is 2.91. The lowest BCUT2D eigenvalue weighted by Gasteiger charge is -1.98. The van der Waals surface area contributed by atoms with E-state index in [0.717, 1.165) is 12.1 Å². The van der Waals surface area contributed by atoms with Gasteiger partial charge in [0.15, 0.2) is 0 Å². The molecule has 1 aromatic carbocycles. The van der Waals surface area contributed by atoms with E-state index < -0.39 is 17.1 Å². The maximum absolute atomic E-state index is 12.4. The van der Waals surface area contributed by atoms with E-state index in [-0.39, 0.29) is 0 Å². The third-order valence-corrected chi connectivity index (χ3v) is 1.50. The molecule has 1 rings (SSSR count). The zero-order valence-corrected chi connectivity index (χ0v) is 6.45. The average molecular weight is 203 g/mol. The second-order valence-electron chi connectivity index (χ2n) is 1.78. The number of benzene rings is 1. The fourth-order valence-corrected chi connectivity index (χ4v) is 0.955. The molecule has 0 amide bonds. The average Bonchev–Trinajstić information content (AvgIpc) is 1.82. The Hall–Kier alpha value is -0.375. The monoisotopic (exact) mass is 202 g/mol. The molecule has 0 aromatic heterocycles. The maximum atomic E-state index is 12.4. The predicted octanol–water partition coefficient (Wildman–Crippen LogP) is 1.52. The maximum Gasteiger partial charge on any atom is 0.122 e. The molecule has 0 atom stereocenters. The van der Waals surface area contributed by atoms with Crippen molar-refractivity contribution in [3.8, 4) is 0 Å². The molecule has 0 nitrogen and oxygen atoms in total. The number of hydrogen-bond acceptors (Lipinski definition) is 0. The normalized spacial score (nSPS) is 9.90. The smallest absolute Gasteiger partial charge is 0.122 e. The Balaban J connectivity index is 3.31. The van der Waals surface area contributed by atoms with Crippen LogP contribution in [0.15, 0.2) is 16.6 Å². The van der Waals surface area contributed by atoms with Crippen LogP contribution < -0.4 is 5.46 Å². The van der Waals surface area contributed by atoms with Gasteiger partial charge in [-0.05, 0) is 17.6 Å². The van der Waals surface area contributed by atoms with Crippen LogP contribution in [0.25, 0.3) is 0 Å². The van der Waals surface area contributed by atoms with Gasteiger partial charge in [-0.25, -0.2) is 8.78 Å². The quantitative estimate of drug-likeness (QED) is 0.560. The van der Waals surface area contributed by atoms with E-state index in [1.807, 2.05) is 0 Å². The molecule has 0 spiro atoms. The molecule has 4 heteroatoms. The van der Waals surface area contributed by atoms with Crippen LogP contribution in [0, 0.1) is 11.6 Å². The fourth-order valence-electron chi connectivity index (χ4n) is 0.553. The van der Waals surface area contributed by atoms with Crippen LogP contribution >= 0.6 is 15.9 Å². The minimum Gasteiger partial charge on any atom is -0.208 e. The van der Waals surface area contributed by atoms with Crippen molar-refractivity contribution in [1.82, 2.24) is 0 Å². The van der Waals surface area contributed by atoms with Crippen LogP contribution in [-0.2, 0) is 0 Å². The Labute approximate surface area is 66.8 Å². The second-order valence-corrected chi connectivity index (χ2v) is 2.70. The lowest BCUT2D eigenvalue weighted by Crippen LogP contribution is -2.13. The molecule has 0 bridgehead atoms. The van der Waals surface area contributed by atoms with Crippen molar-refractivity contribution in [3.63, 3.8) is 0 Å². The van der Waals surface area contributed by atoms with Gasteiger partial charge in [-0.3, -0.25) is 0 Å². The van der Waals surface area contributed by atoms with Crippen LogP contribution in [0.4, 0.5) is 8.78 Å². The number of rotatable bonds is 0. The molecular weight excluding hydrogens is 201 g/mol. The lowest BCUT2D eigenvalue weighted by molar-refractivity contribution is 0.596. The van der Waals surface area contributed by atoms with Crippen molar-refractivity contribution in [2.75, 3.05) is 0 Å². The minimum absolute atomic E-state index is 0.344. The van der Waals surface area contributed by atoms with Gasteiger partial charge < -0.3 is 0 Å². The predicted molar refractivity (Wildman–Crippen MR) is 39.4 cm³/mol. The van der Waals surface area contributed by atoms with E-state index in [1.165, 1.54) is 0 Å². The highest BCUT2D eigenvalue weighted by Crippen LogP contribution is 2.10. The van der Waals surface area contributed by atoms with Gasteiger partial charge in [0.1, 0.15) is 19.5 Å². The molecule has 10 heavy (non-hydrogen) atoms. The molecule has 2 radical (unpaired) electrons. The Morgan fingerprint density at radius 1 is 1.20 bits per heavy atom. The molecule has 0 aliphatic carbocycles. The molecule has 0 heterocycles. The van der Waals surface area contributed by atoms with Crippen LogP contribution in [0.5, 0.6) is 0 Å². The number of hydrogen-bond donors (Lipinski definition) is 0. The largest absolute Gasteiger partial charge is 0.208 e. The van der Waals surface area contributed by atoms with Gasteiger partial charge in [-0.15, -0.1) is 0 Å². The molecule has 0 fully saturated rings. The molecule has 0 aliphatic rings. The highest BCUT2D eigenvalue weighted by Gasteiger charge is 2.03. The molecular formula is C6H2BBrF2. The minimum atomic E-state index is -0.744. The first kappa shape index (κ1) is 7.73. The summed E-state index contributed by atoms with van der Waals surface area (Å²) in [6, 6.07) is 2.22. The van der Waals surface area contributed by atoms with E-state index in [4.69, 9.17) is 7.85 Å². The molecule has 0 saturated heterocycles. The van der Waals surface area contributed by atoms with Crippen molar-refractivity contribution in [2.24, 2.45) is 0 Å². The van der Waals surface area contributed by atoms with Crippen molar-refractivity contribution in [2.45, 2.75) is 0 Å². The van der Waals surface area contributed by atoms with E-state index in [1.54, 1.807) is 0 Å². The highest BCUT2D eigenvalue weighted by atomic mass is 79.9. The Morgan fingerprint density at radius 2 is 1.60 bits per heavy atom. The van der Waals surface area contributed by atoms with Crippen molar-refractivity contribution >= 4 is 29.2 Å². The standard InChI is InChI=1S/C6H2BBrF2/c7-6-4(9)1-3(8)2-5(6)10/h1-2H. The fraction of sp³-hybridized carbons (Fsp3) is 0. The zero-order chi connectivity index (χ0) is 7.72. The van der Waals surface area contributed by atoms with Crippen LogP contribution in [0.2, 0.25) is 0 Å². The molecule has 0 unspecified atom stereocenters. The van der Waals surface area contributed by atoms with E-state index >= 15 is 0 Å². The summed E-state index contributed by atoms with van der Waals surface area (Å²) in [6.07, 6.45) is 0. The SMILES string of the molecule is [B]c1c(F)cc(Br)cc1F. The van der Waals surface area contributed by atoms with Gasteiger partial charge in [0.25, 0.3) is 0 Å². The molecule has 0 N–H and O–H groups in total. The van der Waals surface area contributed by atoms with Gasteiger partial charge in [-0.2, -0.15) is 0 Å². The summed E-state index contributed by atoms with van der Waals surface area (Å²) in [4.78, 5) is 0. The Morgan fingerprint density at radius 3 is 2.00 bits per heavy atom. The topological polar surface area (TPSA) is 0 Å². The second kappa shape index (κ2) is 2.70. The summed E-state index contributed by atoms with van der Waals surface area (Å²) in [5.74, 6) is -1.49. The molecule has 1 aromatic rings. The molecule has 0 aliphatic heterocycles. The van der Waals surface area contributed by atoms with Gasteiger partial charge >= 0.3 is 0 Å². The van der Waals surface area contributed by atoms with E-state index in [9.17, 15) is 8.78 Å². The van der Waals surface area contributed by atoms with Crippen molar-refractivity contribution in [1.29, 1.82) is 0 Å². The third kappa shape index (κ3) is 1.37. The van der Waals surface area contributed by atoms with Crippen molar-refractivity contribution in [3.05, 3.63) is 28.2 Å². The first-order valence-corrected chi connectivity index (χ1v) is 3.30. The Bertz CT molecular complexity index is 239. The van der Waals surface area contributed by atoms with E-state index in [0.29, 0.717) is 4.47 Å². The van der Waals surface area contributed by atoms with Crippen LogP contribution in [-0.4, -0.2) is 7.85 Å². The van der Waals surface area contributed by atoms with Crippen molar-refractivity contribution < 1.29 is 8.78 Å². The third-order valence-electron chi connectivity index (χ3n) is 1.04. The number of halogens is 3. The Kier molecular flexibility index (Phi) is 2.09. The zero-order valence-electron chi connectivity index (χ0n) is 4.87. The highest BCUT2D eigenvalue weighted by molar-refractivity contribution is 9.10. The van der Waals surface area contributed by atoms with E-state index in [2.05, 4.69) is 15.9 Å². The van der Waals surface area contributed by atoms with Gasteiger partial charge in [-0.1, -0.05) is 15.9 Å². The van der Waals surface area contributed by atoms with Gasteiger partial charge in [0, 0.05) is 4.47 Å². The molecule has 50 valence electrons. The van der Waals surface area contributed by atoms with Gasteiger partial charge in [0.2, 0.25) is 0 Å². The summed E-state index contributed by atoms with van der Waals surface area (Å²) in [5.41, 5.74) is -0.441. The van der Waals surface area contributed by atoms with Crippen LogP contribution in [0.1, 0.15) is 0 Å². The summed E-state index contributed by atoms with van der Waals surface area (Å²) in [6.45, 7) is 0. The molecule has 0 saturated carbocycles. The first-order valence-electron chi connectivity index (χ1n) is 2.51. The first-order chi connectivity index (χ1) is 4.61. The summed E-state index contributed by atoms with van der Waals surface area (Å²) in [7, 11) is 4.98. The lowest BCUT2D eigenvalue weighted by atomic mass is 9.95.